The maximum Gasteiger partial charge on any atom is 0.286 e. The maximum atomic E-state index is 12.7. The molecule has 0 aromatic heterocycles. The normalized spacial score (nSPS) is 16.2. The monoisotopic (exact) mass is 265 g/mol. The molecule has 1 amide bonds. The fourth-order valence-corrected chi connectivity index (χ4v) is 1.80. The van der Waals surface area contributed by atoms with Crippen LogP contribution in [0.25, 0.3) is 0 Å². The number of aliphatic hydroxyl groups excluding tert-OH is 1. The van der Waals surface area contributed by atoms with Gasteiger partial charge in [0, 0.05) is 6.54 Å². The number of carbonyl (C=O) groups excluding carboxylic acids is 1. The van der Waals surface area contributed by atoms with Gasteiger partial charge >= 0.3 is 0 Å². The minimum atomic E-state index is -0.867. The van der Waals surface area contributed by atoms with Gasteiger partial charge in [-0.3, -0.25) is 4.79 Å². The number of nitrogens with one attached hydrogen (secondary N) is 1. The van der Waals surface area contributed by atoms with Gasteiger partial charge in [-0.25, -0.2) is 4.39 Å². The Balaban J connectivity index is 1.86. The Morgan fingerprint density at radius 2 is 2.16 bits per heavy atom. The first kappa shape index (κ1) is 13.5. The Kier molecular flexibility index (Phi) is 4.52. The largest absolute Gasteiger partial charge is 0.488 e. The minimum Gasteiger partial charge on any atom is -0.488 e. The summed E-state index contributed by atoms with van der Waals surface area (Å²) in [5.41, 5.74) is 0.556. The molecular formula is C14H16FNO3. The molecule has 1 aliphatic heterocycles. The molecule has 1 aliphatic rings. The van der Waals surface area contributed by atoms with E-state index in [2.05, 4.69) is 5.32 Å². The third-order valence-corrected chi connectivity index (χ3v) is 2.87. The van der Waals surface area contributed by atoms with Crippen molar-refractivity contribution < 1.29 is 19.0 Å². The molecule has 2 rings (SSSR count). The van der Waals surface area contributed by atoms with Crippen molar-refractivity contribution in [1.82, 2.24) is 5.32 Å². The topological polar surface area (TPSA) is 58.6 Å². The van der Waals surface area contributed by atoms with Crippen LogP contribution in [0.15, 0.2) is 36.1 Å². The first-order valence-corrected chi connectivity index (χ1v) is 6.21. The molecule has 2 N–H and O–H groups in total. The summed E-state index contributed by atoms with van der Waals surface area (Å²) in [6, 6.07) is 5.52. The minimum absolute atomic E-state index is 0.0607. The van der Waals surface area contributed by atoms with Crippen molar-refractivity contribution in [3.05, 3.63) is 47.5 Å². The zero-order valence-corrected chi connectivity index (χ0v) is 10.4. The van der Waals surface area contributed by atoms with Crippen LogP contribution in [-0.4, -0.2) is 24.2 Å². The molecule has 0 bridgehead atoms. The number of carbonyl (C=O) groups is 1. The number of ether oxygens (including phenoxy) is 1. The predicted molar refractivity (Wildman–Crippen MR) is 67.6 cm³/mol. The smallest absolute Gasteiger partial charge is 0.286 e. The molecule has 5 heteroatoms. The Bertz CT molecular complexity index is 470. The van der Waals surface area contributed by atoms with Crippen LogP contribution in [0.5, 0.6) is 0 Å². The molecule has 0 radical (unpaired) electrons. The van der Waals surface area contributed by atoms with Crippen LogP contribution in [0.1, 0.15) is 24.5 Å². The molecule has 1 aromatic rings. The van der Waals surface area contributed by atoms with E-state index in [0.717, 1.165) is 12.8 Å². The molecule has 0 saturated heterocycles. The second kappa shape index (κ2) is 6.33. The van der Waals surface area contributed by atoms with Crippen LogP contribution in [0.2, 0.25) is 0 Å². The lowest BCUT2D eigenvalue weighted by Gasteiger charge is -2.16. The first-order chi connectivity index (χ1) is 9.16. The van der Waals surface area contributed by atoms with E-state index in [1.807, 2.05) is 0 Å². The number of halogens is 1. The maximum absolute atomic E-state index is 12.7. The van der Waals surface area contributed by atoms with Gasteiger partial charge in [-0.05, 0) is 36.6 Å². The first-order valence-electron chi connectivity index (χ1n) is 6.21. The highest BCUT2D eigenvalue weighted by molar-refractivity contribution is 5.91. The standard InChI is InChI=1S/C14H16FNO3/c15-11-6-4-10(5-7-11)12(17)9-16-14(18)13-3-1-2-8-19-13/h3-7,12,17H,1-2,8-9H2,(H,16,18). The molecule has 102 valence electrons. The molecule has 1 aromatic carbocycles. The Hall–Kier alpha value is -1.88. The fraction of sp³-hybridized carbons (Fsp3) is 0.357. The summed E-state index contributed by atoms with van der Waals surface area (Å²) in [5, 5.41) is 12.5. The average Bonchev–Trinajstić information content (AvgIpc) is 2.46. The van der Waals surface area contributed by atoms with Gasteiger partial charge < -0.3 is 15.2 Å². The van der Waals surface area contributed by atoms with E-state index in [9.17, 15) is 14.3 Å². The number of benzene rings is 1. The molecule has 1 unspecified atom stereocenters. The van der Waals surface area contributed by atoms with E-state index in [1.54, 1.807) is 6.08 Å². The summed E-state index contributed by atoms with van der Waals surface area (Å²) < 4.78 is 17.9. The quantitative estimate of drug-likeness (QED) is 0.870. The number of allylic oxidation sites excluding steroid dienone is 1. The van der Waals surface area contributed by atoms with E-state index in [4.69, 9.17) is 4.74 Å². The van der Waals surface area contributed by atoms with Crippen LogP contribution in [0.3, 0.4) is 0 Å². The van der Waals surface area contributed by atoms with Crippen molar-refractivity contribution in [2.75, 3.05) is 13.2 Å². The molecular weight excluding hydrogens is 249 g/mol. The Morgan fingerprint density at radius 3 is 2.79 bits per heavy atom. The van der Waals surface area contributed by atoms with E-state index >= 15 is 0 Å². The molecule has 0 spiro atoms. The lowest BCUT2D eigenvalue weighted by molar-refractivity contribution is -0.121. The summed E-state index contributed by atoms with van der Waals surface area (Å²) in [7, 11) is 0. The fourth-order valence-electron chi connectivity index (χ4n) is 1.80. The zero-order valence-electron chi connectivity index (χ0n) is 10.4. The number of hydrogen-bond acceptors (Lipinski definition) is 3. The predicted octanol–water partition coefficient (Wildman–Crippen LogP) is 1.67. The van der Waals surface area contributed by atoms with Crippen molar-refractivity contribution in [1.29, 1.82) is 0 Å². The van der Waals surface area contributed by atoms with Crippen LogP contribution in [-0.2, 0) is 9.53 Å². The van der Waals surface area contributed by atoms with Gasteiger partial charge in [0.05, 0.1) is 12.7 Å². The van der Waals surface area contributed by atoms with E-state index < -0.39 is 6.10 Å². The van der Waals surface area contributed by atoms with Crippen molar-refractivity contribution in [2.45, 2.75) is 18.9 Å². The Labute approximate surface area is 110 Å². The lowest BCUT2D eigenvalue weighted by atomic mass is 10.1. The van der Waals surface area contributed by atoms with Gasteiger partial charge in [0.15, 0.2) is 5.76 Å². The summed E-state index contributed by atoms with van der Waals surface area (Å²) in [6.45, 7) is 0.602. The molecule has 1 heterocycles. The van der Waals surface area contributed by atoms with Crippen LogP contribution >= 0.6 is 0 Å². The van der Waals surface area contributed by atoms with E-state index in [1.165, 1.54) is 24.3 Å². The highest BCUT2D eigenvalue weighted by atomic mass is 19.1. The van der Waals surface area contributed by atoms with Gasteiger partial charge in [0.1, 0.15) is 5.82 Å². The second-order valence-corrected chi connectivity index (χ2v) is 4.34. The lowest BCUT2D eigenvalue weighted by Crippen LogP contribution is -2.31. The molecule has 4 nitrogen and oxygen atoms in total. The summed E-state index contributed by atoms with van der Waals surface area (Å²) in [6.07, 6.45) is 2.61. The Morgan fingerprint density at radius 1 is 1.42 bits per heavy atom. The van der Waals surface area contributed by atoms with Crippen LogP contribution < -0.4 is 5.32 Å². The average molecular weight is 265 g/mol. The van der Waals surface area contributed by atoms with Crippen molar-refractivity contribution in [3.8, 4) is 0 Å². The SMILES string of the molecule is O=C(NCC(O)c1ccc(F)cc1)C1=CCCCO1. The van der Waals surface area contributed by atoms with Gasteiger partial charge in [0.25, 0.3) is 5.91 Å². The van der Waals surface area contributed by atoms with Gasteiger partial charge in [-0.1, -0.05) is 12.1 Å². The van der Waals surface area contributed by atoms with Crippen molar-refractivity contribution >= 4 is 5.91 Å². The van der Waals surface area contributed by atoms with Gasteiger partial charge in [0.2, 0.25) is 0 Å². The molecule has 0 fully saturated rings. The highest BCUT2D eigenvalue weighted by Crippen LogP contribution is 2.13. The second-order valence-electron chi connectivity index (χ2n) is 4.34. The zero-order chi connectivity index (χ0) is 13.7. The number of rotatable bonds is 4. The molecule has 1 atom stereocenters. The number of amides is 1. The van der Waals surface area contributed by atoms with Crippen LogP contribution in [0.4, 0.5) is 4.39 Å². The molecule has 0 saturated carbocycles. The summed E-state index contributed by atoms with van der Waals surface area (Å²) in [5.74, 6) is -0.390. The van der Waals surface area contributed by atoms with E-state index in [0.29, 0.717) is 17.9 Å². The number of hydrogen-bond donors (Lipinski definition) is 2. The third-order valence-electron chi connectivity index (χ3n) is 2.87. The van der Waals surface area contributed by atoms with Gasteiger partial charge in [-0.2, -0.15) is 0 Å². The number of aliphatic hydroxyl groups is 1. The third kappa shape index (κ3) is 3.79. The van der Waals surface area contributed by atoms with Crippen molar-refractivity contribution in [2.24, 2.45) is 0 Å². The summed E-state index contributed by atoms with van der Waals surface area (Å²) >= 11 is 0. The summed E-state index contributed by atoms with van der Waals surface area (Å²) in [4.78, 5) is 11.7. The van der Waals surface area contributed by atoms with E-state index in [-0.39, 0.29) is 18.3 Å². The van der Waals surface area contributed by atoms with Crippen LogP contribution in [0, 0.1) is 5.82 Å². The molecule has 0 aliphatic carbocycles. The van der Waals surface area contributed by atoms with Gasteiger partial charge in [-0.15, -0.1) is 0 Å². The molecule has 19 heavy (non-hydrogen) atoms. The highest BCUT2D eigenvalue weighted by Gasteiger charge is 2.15. The van der Waals surface area contributed by atoms with Crippen molar-refractivity contribution in [3.63, 3.8) is 0 Å².